The Bertz CT molecular complexity index is 1470. The van der Waals surface area contributed by atoms with Crippen molar-refractivity contribution >= 4 is 33.0 Å². The van der Waals surface area contributed by atoms with Crippen LogP contribution in [0, 0.1) is 0 Å². The summed E-state index contributed by atoms with van der Waals surface area (Å²) in [5.74, 6) is 0.173. The summed E-state index contributed by atoms with van der Waals surface area (Å²) in [5, 5.41) is 3.34. The first-order valence-corrected chi connectivity index (χ1v) is 13.1. The molecular weight excluding hydrogens is 484 g/mol. The van der Waals surface area contributed by atoms with Crippen LogP contribution in [0.15, 0.2) is 85.1 Å². The maximum absolute atomic E-state index is 12.8. The van der Waals surface area contributed by atoms with Crippen molar-refractivity contribution in [3.05, 3.63) is 101 Å². The van der Waals surface area contributed by atoms with Gasteiger partial charge in [-0.15, -0.1) is 0 Å². The van der Waals surface area contributed by atoms with Crippen LogP contribution in [0.5, 0.6) is 5.88 Å². The Labute approximate surface area is 209 Å². The van der Waals surface area contributed by atoms with Gasteiger partial charge in [-0.1, -0.05) is 60.1 Å². The second kappa shape index (κ2) is 10.3. The first kappa shape index (κ1) is 24.4. The van der Waals surface area contributed by atoms with Gasteiger partial charge in [-0.2, -0.15) is 0 Å². The van der Waals surface area contributed by atoms with E-state index < -0.39 is 9.84 Å². The number of benzene rings is 3. The smallest absolute Gasteiger partial charge is 0.255 e. The summed E-state index contributed by atoms with van der Waals surface area (Å²) >= 11 is 6.46. The van der Waals surface area contributed by atoms with E-state index in [1.807, 2.05) is 42.5 Å². The van der Waals surface area contributed by atoms with Crippen molar-refractivity contribution in [2.75, 3.05) is 18.7 Å². The number of hydrogen-bond acceptors (Lipinski definition) is 5. The van der Waals surface area contributed by atoms with Crippen molar-refractivity contribution < 1.29 is 17.9 Å². The molecule has 4 rings (SSSR count). The van der Waals surface area contributed by atoms with Crippen molar-refractivity contribution in [2.45, 2.75) is 5.75 Å². The lowest BCUT2D eigenvalue weighted by atomic mass is 9.98. The Morgan fingerprint density at radius 3 is 2.34 bits per heavy atom. The Hall–Kier alpha value is -3.68. The number of ether oxygens (including phenoxy) is 1. The van der Waals surface area contributed by atoms with Gasteiger partial charge < -0.3 is 10.1 Å². The summed E-state index contributed by atoms with van der Waals surface area (Å²) in [5.41, 5.74) is 5.19. The van der Waals surface area contributed by atoms with Crippen LogP contribution < -0.4 is 10.1 Å². The molecule has 0 unspecified atom stereocenters. The fourth-order valence-electron chi connectivity index (χ4n) is 3.65. The molecule has 1 amide bonds. The van der Waals surface area contributed by atoms with E-state index in [1.165, 1.54) is 19.6 Å². The highest BCUT2D eigenvalue weighted by atomic mass is 35.5. The van der Waals surface area contributed by atoms with Gasteiger partial charge in [0.15, 0.2) is 9.84 Å². The Morgan fingerprint density at radius 2 is 1.69 bits per heavy atom. The van der Waals surface area contributed by atoms with E-state index in [9.17, 15) is 13.2 Å². The zero-order valence-corrected chi connectivity index (χ0v) is 20.7. The average Bonchev–Trinajstić information content (AvgIpc) is 2.84. The van der Waals surface area contributed by atoms with Crippen LogP contribution >= 0.6 is 11.6 Å². The van der Waals surface area contributed by atoms with Crippen LogP contribution in [0.2, 0.25) is 5.02 Å². The highest BCUT2D eigenvalue weighted by Gasteiger charge is 2.12. The Morgan fingerprint density at radius 1 is 0.943 bits per heavy atom. The third-order valence-electron chi connectivity index (χ3n) is 5.32. The average molecular weight is 507 g/mol. The van der Waals surface area contributed by atoms with E-state index in [1.54, 1.807) is 36.4 Å². The van der Waals surface area contributed by atoms with Gasteiger partial charge in [0.05, 0.1) is 24.7 Å². The number of halogens is 1. The lowest BCUT2D eigenvalue weighted by Gasteiger charge is -2.11. The molecule has 0 spiro atoms. The van der Waals surface area contributed by atoms with Gasteiger partial charge in [-0.05, 0) is 46.5 Å². The fraction of sp³-hybridized carbons (Fsp3) is 0.111. The van der Waals surface area contributed by atoms with Gasteiger partial charge in [0.1, 0.15) is 0 Å². The zero-order valence-electron chi connectivity index (χ0n) is 19.2. The zero-order chi connectivity index (χ0) is 25.0. The summed E-state index contributed by atoms with van der Waals surface area (Å²) in [6.07, 6.45) is 2.75. The molecule has 8 heteroatoms. The first-order chi connectivity index (χ1) is 16.7. The number of rotatable bonds is 7. The van der Waals surface area contributed by atoms with Crippen LogP contribution in [-0.2, 0) is 15.6 Å². The SMILES string of the molecule is COc1ccc(NC(=O)c2ccc(Cl)c(-c3ccc(-c4cccc(CS(C)(=O)=O)c4)cc3)c2)cn1. The van der Waals surface area contributed by atoms with Gasteiger partial charge in [-0.25, -0.2) is 13.4 Å². The molecule has 1 heterocycles. The van der Waals surface area contributed by atoms with Crippen LogP contribution in [0.25, 0.3) is 22.3 Å². The number of carbonyl (C=O) groups is 1. The minimum Gasteiger partial charge on any atom is -0.481 e. The first-order valence-electron chi connectivity index (χ1n) is 10.7. The third-order valence-corrected chi connectivity index (χ3v) is 6.50. The quantitative estimate of drug-likeness (QED) is 0.338. The normalized spacial score (nSPS) is 11.2. The molecule has 0 saturated carbocycles. The summed E-state index contributed by atoms with van der Waals surface area (Å²) < 4.78 is 28.3. The van der Waals surface area contributed by atoms with Crippen molar-refractivity contribution in [2.24, 2.45) is 0 Å². The van der Waals surface area contributed by atoms with Crippen molar-refractivity contribution in [3.8, 4) is 28.1 Å². The number of nitrogens with one attached hydrogen (secondary N) is 1. The number of pyridine rings is 1. The largest absolute Gasteiger partial charge is 0.481 e. The summed E-state index contributed by atoms with van der Waals surface area (Å²) in [7, 11) is -1.59. The molecule has 3 aromatic carbocycles. The topological polar surface area (TPSA) is 85.4 Å². The molecule has 1 aromatic heterocycles. The molecule has 0 aliphatic rings. The standard InChI is InChI=1S/C27H23ClN2O4S/c1-34-26-13-11-23(16-29-26)30-27(31)22-10-12-25(28)24(15-22)20-8-6-19(7-9-20)21-5-3-4-18(14-21)17-35(2,32)33/h3-16H,17H2,1-2H3,(H,30,31). The molecule has 0 saturated heterocycles. The summed E-state index contributed by atoms with van der Waals surface area (Å²) in [6.45, 7) is 0. The molecule has 6 nitrogen and oxygen atoms in total. The second-order valence-corrected chi connectivity index (χ2v) is 10.6. The minimum atomic E-state index is -3.11. The number of carbonyl (C=O) groups excluding carboxylic acids is 1. The summed E-state index contributed by atoms with van der Waals surface area (Å²) in [6, 6.07) is 23.7. The van der Waals surface area contributed by atoms with E-state index in [4.69, 9.17) is 16.3 Å². The molecule has 0 atom stereocenters. The number of aromatic nitrogens is 1. The van der Waals surface area contributed by atoms with E-state index in [2.05, 4.69) is 10.3 Å². The lowest BCUT2D eigenvalue weighted by Crippen LogP contribution is -2.12. The maximum Gasteiger partial charge on any atom is 0.255 e. The molecule has 0 fully saturated rings. The number of anilines is 1. The molecule has 0 aliphatic carbocycles. The maximum atomic E-state index is 12.8. The summed E-state index contributed by atoms with van der Waals surface area (Å²) in [4.78, 5) is 16.9. The van der Waals surface area contributed by atoms with Gasteiger partial charge in [0.25, 0.3) is 5.91 Å². The third kappa shape index (κ3) is 6.26. The van der Waals surface area contributed by atoms with Crippen LogP contribution in [0.1, 0.15) is 15.9 Å². The molecule has 4 aromatic rings. The number of nitrogens with zero attached hydrogens (tertiary/aromatic N) is 1. The van der Waals surface area contributed by atoms with Gasteiger partial charge >= 0.3 is 0 Å². The molecule has 0 bridgehead atoms. The van der Waals surface area contributed by atoms with Gasteiger partial charge in [-0.3, -0.25) is 4.79 Å². The van der Waals surface area contributed by atoms with Gasteiger partial charge in [0, 0.05) is 28.5 Å². The van der Waals surface area contributed by atoms with Crippen LogP contribution in [0.3, 0.4) is 0 Å². The highest BCUT2D eigenvalue weighted by molar-refractivity contribution is 7.89. The van der Waals surface area contributed by atoms with E-state index in [0.717, 1.165) is 27.8 Å². The molecular formula is C27H23ClN2O4S. The Kier molecular flexibility index (Phi) is 7.19. The predicted octanol–water partition coefficient (Wildman–Crippen LogP) is 5.87. The van der Waals surface area contributed by atoms with Crippen LogP contribution in [0.4, 0.5) is 5.69 Å². The molecule has 0 aliphatic heterocycles. The van der Waals surface area contributed by atoms with Crippen molar-refractivity contribution in [1.29, 1.82) is 0 Å². The predicted molar refractivity (Wildman–Crippen MR) is 140 cm³/mol. The number of methoxy groups -OCH3 is 1. The number of sulfone groups is 1. The molecule has 178 valence electrons. The van der Waals surface area contributed by atoms with E-state index in [0.29, 0.717) is 22.2 Å². The lowest BCUT2D eigenvalue weighted by molar-refractivity contribution is 0.102. The van der Waals surface area contributed by atoms with Gasteiger partial charge in [0.2, 0.25) is 5.88 Å². The molecule has 0 radical (unpaired) electrons. The second-order valence-electron chi connectivity index (χ2n) is 8.09. The highest BCUT2D eigenvalue weighted by Crippen LogP contribution is 2.31. The molecule has 35 heavy (non-hydrogen) atoms. The van der Waals surface area contributed by atoms with Crippen molar-refractivity contribution in [3.63, 3.8) is 0 Å². The van der Waals surface area contributed by atoms with E-state index in [-0.39, 0.29) is 11.7 Å². The fourth-order valence-corrected chi connectivity index (χ4v) is 4.66. The number of hydrogen-bond donors (Lipinski definition) is 1. The Balaban J connectivity index is 1.56. The monoisotopic (exact) mass is 506 g/mol. The van der Waals surface area contributed by atoms with Crippen LogP contribution in [-0.4, -0.2) is 32.7 Å². The van der Waals surface area contributed by atoms with E-state index >= 15 is 0 Å². The molecule has 1 N–H and O–H groups in total. The number of amides is 1. The minimum absolute atomic E-state index is 0.00399. The van der Waals surface area contributed by atoms with Crippen molar-refractivity contribution in [1.82, 2.24) is 4.98 Å².